The summed E-state index contributed by atoms with van der Waals surface area (Å²) in [6, 6.07) is 17.1. The first kappa shape index (κ1) is 19.2. The number of para-hydroxylation sites is 1. The van der Waals surface area contributed by atoms with Crippen LogP contribution in [0.15, 0.2) is 54.6 Å². The molecule has 0 amide bonds. The van der Waals surface area contributed by atoms with Crippen LogP contribution in [-0.4, -0.2) is 24.3 Å². The van der Waals surface area contributed by atoms with E-state index in [4.69, 9.17) is 27.7 Å². The summed E-state index contributed by atoms with van der Waals surface area (Å²) in [7, 11) is -4.92. The Bertz CT molecular complexity index is 689. The summed E-state index contributed by atoms with van der Waals surface area (Å²) in [5.74, 6) is 0. The van der Waals surface area contributed by atoms with E-state index in [2.05, 4.69) is 10.3 Å². The highest BCUT2D eigenvalue weighted by Gasteiger charge is 2.02. The minimum Gasteiger partial charge on any atom is -0.726 e. The van der Waals surface area contributed by atoms with Crippen LogP contribution in [0.25, 0.3) is 4.98 Å². The molecule has 22 heavy (non-hydrogen) atoms. The SMILES string of the molecule is C=O.N#[N+]c1ccc(Nc2ccccc2)cc1.O=S(=O)([O-])O. The van der Waals surface area contributed by atoms with Crippen LogP contribution in [0.1, 0.15) is 0 Å². The van der Waals surface area contributed by atoms with Crippen LogP contribution in [0.3, 0.4) is 0 Å². The molecule has 0 fully saturated rings. The third-order valence-electron chi connectivity index (χ3n) is 2.05. The maximum atomic E-state index is 8.63. The van der Waals surface area contributed by atoms with Gasteiger partial charge in [-0.2, -0.15) is 0 Å². The predicted molar refractivity (Wildman–Crippen MR) is 80.4 cm³/mol. The number of diazo groups is 1. The molecule has 0 atom stereocenters. The van der Waals surface area contributed by atoms with Crippen molar-refractivity contribution in [2.75, 3.05) is 5.32 Å². The average Bonchev–Trinajstić information content (AvgIpc) is 2.49. The van der Waals surface area contributed by atoms with E-state index in [0.717, 1.165) is 11.4 Å². The highest BCUT2D eigenvalue weighted by molar-refractivity contribution is 7.79. The Labute approximate surface area is 127 Å². The van der Waals surface area contributed by atoms with E-state index >= 15 is 0 Å². The Morgan fingerprint density at radius 1 is 1.00 bits per heavy atom. The van der Waals surface area contributed by atoms with Crippen molar-refractivity contribution in [1.82, 2.24) is 0 Å². The lowest BCUT2D eigenvalue weighted by atomic mass is 10.2. The summed E-state index contributed by atoms with van der Waals surface area (Å²) in [6.45, 7) is 2.00. The summed E-state index contributed by atoms with van der Waals surface area (Å²) in [6.07, 6.45) is 0. The van der Waals surface area contributed by atoms with Crippen LogP contribution in [0.5, 0.6) is 0 Å². The number of carbonyl (C=O) groups is 1. The minimum absolute atomic E-state index is 0.550. The first-order valence-electron chi connectivity index (χ1n) is 5.63. The van der Waals surface area contributed by atoms with E-state index in [9.17, 15) is 0 Å². The van der Waals surface area contributed by atoms with Gasteiger partial charge in [0.05, 0.1) is 0 Å². The molecule has 2 rings (SSSR count). The van der Waals surface area contributed by atoms with Crippen molar-refractivity contribution in [3.63, 3.8) is 0 Å². The van der Waals surface area contributed by atoms with Crippen LogP contribution >= 0.6 is 0 Å². The lowest BCUT2D eigenvalue weighted by Crippen LogP contribution is -1.90. The average molecular weight is 323 g/mol. The summed E-state index contributed by atoms with van der Waals surface area (Å²) in [5.41, 5.74) is 2.55. The lowest BCUT2D eigenvalue weighted by Gasteiger charge is -2.04. The Morgan fingerprint density at radius 3 is 1.82 bits per heavy atom. The topological polar surface area (TPSA) is 135 Å². The van der Waals surface area contributed by atoms with Crippen LogP contribution in [-0.2, 0) is 15.2 Å². The van der Waals surface area contributed by atoms with Gasteiger partial charge in [0, 0.05) is 23.5 Å². The fourth-order valence-electron chi connectivity index (χ4n) is 1.30. The minimum atomic E-state index is -4.92. The molecule has 0 heterocycles. The number of benzene rings is 2. The number of anilines is 2. The number of carbonyl (C=O) groups excluding carboxylic acids is 1. The second-order valence-electron chi connectivity index (χ2n) is 3.57. The van der Waals surface area contributed by atoms with Crippen LogP contribution < -0.4 is 5.32 Å². The fraction of sp³-hybridized carbons (Fsp3) is 0. The summed E-state index contributed by atoms with van der Waals surface area (Å²) in [5, 5.41) is 11.8. The molecular weight excluding hydrogens is 310 g/mol. The largest absolute Gasteiger partial charge is 0.726 e. The van der Waals surface area contributed by atoms with E-state index in [-0.39, 0.29) is 0 Å². The quantitative estimate of drug-likeness (QED) is 0.492. The molecule has 0 bridgehead atoms. The van der Waals surface area contributed by atoms with E-state index < -0.39 is 10.4 Å². The van der Waals surface area contributed by atoms with Crippen molar-refractivity contribution in [3.05, 3.63) is 59.6 Å². The van der Waals surface area contributed by atoms with Crippen molar-refractivity contribution in [3.8, 4) is 0 Å². The third-order valence-corrected chi connectivity index (χ3v) is 2.05. The van der Waals surface area contributed by atoms with Crippen molar-refractivity contribution in [1.29, 1.82) is 5.39 Å². The molecule has 9 heteroatoms. The Kier molecular flexibility index (Phi) is 8.73. The monoisotopic (exact) mass is 323 g/mol. The van der Waals surface area contributed by atoms with Gasteiger partial charge in [-0.25, -0.2) is 8.42 Å². The standard InChI is InChI=1S/C12H10N3.CH2O.H2O4S/c13-15-12-8-6-11(7-9-12)14-10-4-2-1-3-5-10;1-2;1-5(2,3)4/h1-9,14H;1H2;(H2,1,2,3,4)/q+1;;/p-1. The zero-order valence-electron chi connectivity index (χ0n) is 11.3. The second-order valence-corrected chi connectivity index (χ2v) is 4.42. The van der Waals surface area contributed by atoms with Gasteiger partial charge in [0.15, 0.2) is 4.98 Å². The zero-order chi connectivity index (χ0) is 17.0. The smallest absolute Gasteiger partial charge is 0.385 e. The predicted octanol–water partition coefficient (Wildman–Crippen LogP) is 2.73. The molecule has 0 aromatic heterocycles. The zero-order valence-corrected chi connectivity index (χ0v) is 12.1. The summed E-state index contributed by atoms with van der Waals surface area (Å²) >= 11 is 0. The van der Waals surface area contributed by atoms with Gasteiger partial charge in [0.1, 0.15) is 6.79 Å². The van der Waals surface area contributed by atoms with Gasteiger partial charge in [-0.15, -0.1) is 0 Å². The Hall–Kier alpha value is -2.80. The lowest BCUT2D eigenvalue weighted by molar-refractivity contribution is -0.0980. The maximum absolute atomic E-state index is 8.63. The van der Waals surface area contributed by atoms with Gasteiger partial charge in [-0.1, -0.05) is 18.2 Å². The summed E-state index contributed by atoms with van der Waals surface area (Å²) in [4.78, 5) is 11.1. The van der Waals surface area contributed by atoms with E-state index in [1.54, 1.807) is 12.1 Å². The molecule has 8 nitrogen and oxygen atoms in total. The van der Waals surface area contributed by atoms with Crippen LogP contribution in [0, 0.1) is 5.39 Å². The molecule has 0 spiro atoms. The van der Waals surface area contributed by atoms with Crippen molar-refractivity contribution < 1.29 is 22.3 Å². The molecule has 0 aliphatic heterocycles. The molecule has 0 radical (unpaired) electrons. The highest BCUT2D eigenvalue weighted by atomic mass is 32.3. The molecule has 2 aromatic rings. The van der Waals surface area contributed by atoms with Crippen molar-refractivity contribution in [2.45, 2.75) is 0 Å². The second kappa shape index (κ2) is 10.0. The van der Waals surface area contributed by atoms with E-state index in [1.807, 2.05) is 49.3 Å². The number of nitrogens with one attached hydrogen (secondary N) is 1. The molecule has 0 aliphatic rings. The molecule has 0 unspecified atom stereocenters. The van der Waals surface area contributed by atoms with Gasteiger partial charge in [0.2, 0.25) is 15.8 Å². The van der Waals surface area contributed by atoms with Crippen molar-refractivity contribution in [2.24, 2.45) is 0 Å². The Balaban J connectivity index is 0.000000540. The number of nitrogens with zero attached hydrogens (tertiary/aromatic N) is 2. The van der Waals surface area contributed by atoms with Gasteiger partial charge in [0.25, 0.3) is 0 Å². The maximum Gasteiger partial charge on any atom is 0.385 e. The van der Waals surface area contributed by atoms with Gasteiger partial charge in [-0.05, 0) is 24.3 Å². The first-order valence-corrected chi connectivity index (χ1v) is 6.99. The van der Waals surface area contributed by atoms with Gasteiger partial charge < -0.3 is 14.7 Å². The third kappa shape index (κ3) is 10.0. The highest BCUT2D eigenvalue weighted by Crippen LogP contribution is 2.19. The number of hydrogen-bond acceptors (Lipinski definition) is 6. The normalized spacial score (nSPS) is 9.14. The van der Waals surface area contributed by atoms with Crippen LogP contribution in [0.2, 0.25) is 0 Å². The molecule has 0 saturated carbocycles. The Morgan fingerprint density at radius 2 is 1.41 bits per heavy atom. The first-order chi connectivity index (χ1) is 10.4. The molecule has 116 valence electrons. The number of hydrogen-bond donors (Lipinski definition) is 2. The molecule has 0 saturated heterocycles. The van der Waals surface area contributed by atoms with E-state index in [1.165, 1.54) is 0 Å². The van der Waals surface area contributed by atoms with Gasteiger partial charge >= 0.3 is 5.69 Å². The molecule has 0 aliphatic carbocycles. The van der Waals surface area contributed by atoms with Gasteiger partial charge in [-0.3, -0.25) is 4.55 Å². The fourth-order valence-corrected chi connectivity index (χ4v) is 1.30. The van der Waals surface area contributed by atoms with Crippen molar-refractivity contribution >= 4 is 34.3 Å². The summed E-state index contributed by atoms with van der Waals surface area (Å²) < 4.78 is 32.8. The van der Waals surface area contributed by atoms with E-state index in [0.29, 0.717) is 5.69 Å². The van der Waals surface area contributed by atoms with Crippen LogP contribution in [0.4, 0.5) is 17.1 Å². The molecule has 2 N–H and O–H groups in total. The molecule has 2 aromatic carbocycles. The number of rotatable bonds is 2. The molecular formula is C13H13N3O5S.